The van der Waals surface area contributed by atoms with Gasteiger partial charge in [0.25, 0.3) is 0 Å². The summed E-state index contributed by atoms with van der Waals surface area (Å²) in [6.07, 6.45) is 0. The summed E-state index contributed by atoms with van der Waals surface area (Å²) in [7, 11) is 1.66. The number of anilines is 3. The van der Waals surface area contributed by atoms with Crippen molar-refractivity contribution >= 4 is 58.0 Å². The molecule has 0 heterocycles. The fraction of sp³-hybridized carbons (Fsp3) is 0.211. The number of nitrogens with zero attached hydrogens (tertiary/aromatic N) is 1. The molecule has 28 heavy (non-hydrogen) atoms. The summed E-state index contributed by atoms with van der Waals surface area (Å²) in [5, 5.41) is 8.82. The zero-order chi connectivity index (χ0) is 20.7. The number of halogens is 2. The first kappa shape index (κ1) is 21.7. The van der Waals surface area contributed by atoms with Crippen molar-refractivity contribution in [2.45, 2.75) is 6.92 Å². The lowest BCUT2D eigenvalue weighted by molar-refractivity contribution is -0.119. The molecule has 0 aromatic heterocycles. The maximum Gasteiger partial charge on any atom is 0.238 e. The Morgan fingerprint density at radius 2 is 1.25 bits per heavy atom. The van der Waals surface area contributed by atoms with Crippen molar-refractivity contribution in [1.29, 1.82) is 0 Å². The molecule has 0 spiro atoms. The molecule has 0 saturated carbocycles. The Labute approximate surface area is 173 Å². The number of likely N-dealkylation sites (N-methyl/N-ethyl adjacent to an activating group) is 1. The van der Waals surface area contributed by atoms with E-state index in [0.29, 0.717) is 27.1 Å². The quantitative estimate of drug-likeness (QED) is 0.636. The average Bonchev–Trinajstić information content (AvgIpc) is 2.59. The lowest BCUT2D eigenvalue weighted by Crippen LogP contribution is -2.36. The van der Waals surface area contributed by atoms with Gasteiger partial charge < -0.3 is 16.0 Å². The monoisotopic (exact) mass is 422 g/mol. The molecule has 148 valence electrons. The van der Waals surface area contributed by atoms with E-state index < -0.39 is 0 Å². The molecule has 0 bridgehead atoms. The van der Waals surface area contributed by atoms with Crippen LogP contribution in [-0.4, -0.2) is 42.8 Å². The van der Waals surface area contributed by atoms with E-state index >= 15 is 0 Å². The summed E-state index contributed by atoms with van der Waals surface area (Å²) >= 11 is 11.8. The van der Waals surface area contributed by atoms with Gasteiger partial charge in [-0.2, -0.15) is 0 Å². The van der Waals surface area contributed by atoms with Crippen LogP contribution in [0.2, 0.25) is 10.0 Å². The first-order chi connectivity index (χ1) is 13.2. The highest BCUT2D eigenvalue weighted by Gasteiger charge is 2.12. The zero-order valence-corrected chi connectivity index (χ0v) is 16.9. The molecule has 3 N–H and O–H groups in total. The molecule has 0 aliphatic carbocycles. The van der Waals surface area contributed by atoms with Crippen LogP contribution in [0.15, 0.2) is 42.5 Å². The van der Waals surface area contributed by atoms with Gasteiger partial charge in [0.2, 0.25) is 17.7 Å². The minimum Gasteiger partial charge on any atom is -0.326 e. The summed E-state index contributed by atoms with van der Waals surface area (Å²) in [4.78, 5) is 36.8. The molecule has 2 rings (SSSR count). The molecule has 0 aliphatic rings. The Kier molecular flexibility index (Phi) is 7.80. The van der Waals surface area contributed by atoms with Crippen LogP contribution in [0.3, 0.4) is 0 Å². The Bertz CT molecular complexity index is 872. The van der Waals surface area contributed by atoms with Crippen LogP contribution in [0, 0.1) is 0 Å². The first-order valence-electron chi connectivity index (χ1n) is 8.34. The molecule has 0 atom stereocenters. The Morgan fingerprint density at radius 1 is 0.786 bits per heavy atom. The van der Waals surface area contributed by atoms with Gasteiger partial charge in [-0.3, -0.25) is 19.3 Å². The van der Waals surface area contributed by atoms with Crippen LogP contribution in [0.1, 0.15) is 6.92 Å². The lowest BCUT2D eigenvalue weighted by Gasteiger charge is -2.16. The van der Waals surface area contributed by atoms with E-state index in [4.69, 9.17) is 23.2 Å². The SMILES string of the molecule is CC(=O)Nc1ccc(NC(=O)CN(C)CC(=O)Nc2ccc(Cl)c(Cl)c2)cc1. The summed E-state index contributed by atoms with van der Waals surface area (Å²) in [5.74, 6) is -0.719. The third-order valence-corrected chi connectivity index (χ3v) is 4.26. The first-order valence-corrected chi connectivity index (χ1v) is 9.09. The number of benzene rings is 2. The van der Waals surface area contributed by atoms with Gasteiger partial charge >= 0.3 is 0 Å². The van der Waals surface area contributed by atoms with Crippen molar-refractivity contribution in [3.63, 3.8) is 0 Å². The molecular formula is C19H20Cl2N4O3. The van der Waals surface area contributed by atoms with Crippen molar-refractivity contribution < 1.29 is 14.4 Å². The number of nitrogens with one attached hydrogen (secondary N) is 3. The summed E-state index contributed by atoms with van der Waals surface area (Å²) in [6, 6.07) is 11.5. The second kappa shape index (κ2) is 10.1. The minimum absolute atomic E-state index is 0.0230. The van der Waals surface area contributed by atoms with Crippen molar-refractivity contribution in [3.8, 4) is 0 Å². The van der Waals surface area contributed by atoms with Gasteiger partial charge in [0, 0.05) is 24.0 Å². The van der Waals surface area contributed by atoms with Crippen molar-refractivity contribution in [3.05, 3.63) is 52.5 Å². The minimum atomic E-state index is -0.284. The van der Waals surface area contributed by atoms with Gasteiger partial charge in [-0.15, -0.1) is 0 Å². The number of rotatable bonds is 7. The van der Waals surface area contributed by atoms with E-state index in [-0.39, 0.29) is 30.8 Å². The molecule has 0 saturated heterocycles. The van der Waals surface area contributed by atoms with Crippen molar-refractivity contribution in [2.75, 3.05) is 36.1 Å². The maximum absolute atomic E-state index is 12.1. The van der Waals surface area contributed by atoms with Gasteiger partial charge in [-0.25, -0.2) is 0 Å². The van der Waals surface area contributed by atoms with E-state index in [1.54, 1.807) is 54.4 Å². The second-order valence-corrected chi connectivity index (χ2v) is 6.97. The van der Waals surface area contributed by atoms with E-state index in [0.717, 1.165) is 0 Å². The third kappa shape index (κ3) is 7.19. The smallest absolute Gasteiger partial charge is 0.238 e. The molecule has 9 heteroatoms. The second-order valence-electron chi connectivity index (χ2n) is 6.16. The number of carbonyl (C=O) groups excluding carboxylic acids is 3. The molecule has 0 radical (unpaired) electrons. The number of amides is 3. The highest BCUT2D eigenvalue weighted by Crippen LogP contribution is 2.24. The fourth-order valence-electron chi connectivity index (χ4n) is 2.36. The topological polar surface area (TPSA) is 90.5 Å². The van der Waals surface area contributed by atoms with E-state index in [1.165, 1.54) is 6.92 Å². The third-order valence-electron chi connectivity index (χ3n) is 3.52. The van der Waals surface area contributed by atoms with Crippen LogP contribution >= 0.6 is 23.2 Å². The largest absolute Gasteiger partial charge is 0.326 e. The summed E-state index contributed by atoms with van der Waals surface area (Å²) in [5.41, 5.74) is 1.76. The zero-order valence-electron chi connectivity index (χ0n) is 15.4. The molecule has 2 aromatic carbocycles. The van der Waals surface area contributed by atoms with Crippen LogP contribution in [0.4, 0.5) is 17.1 Å². The van der Waals surface area contributed by atoms with E-state index in [1.807, 2.05) is 0 Å². The predicted octanol–water partition coefficient (Wildman–Crippen LogP) is 3.46. The van der Waals surface area contributed by atoms with Crippen LogP contribution in [-0.2, 0) is 14.4 Å². The molecule has 3 amide bonds. The normalized spacial score (nSPS) is 10.5. The van der Waals surface area contributed by atoms with Crippen LogP contribution < -0.4 is 16.0 Å². The molecule has 7 nitrogen and oxygen atoms in total. The molecule has 2 aromatic rings. The Morgan fingerprint density at radius 3 is 1.75 bits per heavy atom. The average molecular weight is 423 g/mol. The predicted molar refractivity (Wildman–Crippen MR) is 112 cm³/mol. The van der Waals surface area contributed by atoms with Gasteiger partial charge in [-0.1, -0.05) is 23.2 Å². The summed E-state index contributed by atoms with van der Waals surface area (Å²) < 4.78 is 0. The standard InChI is InChI=1S/C19H20Cl2N4O3/c1-12(26)22-13-3-5-14(6-4-13)23-18(27)10-25(2)11-19(28)24-15-7-8-16(20)17(21)9-15/h3-9H,10-11H2,1-2H3,(H,22,26)(H,23,27)(H,24,28). The van der Waals surface area contributed by atoms with Crippen LogP contribution in [0.25, 0.3) is 0 Å². The number of hydrogen-bond acceptors (Lipinski definition) is 4. The Balaban J connectivity index is 1.80. The van der Waals surface area contributed by atoms with Crippen LogP contribution in [0.5, 0.6) is 0 Å². The summed E-state index contributed by atoms with van der Waals surface area (Å²) in [6.45, 7) is 1.47. The highest BCUT2D eigenvalue weighted by molar-refractivity contribution is 6.42. The maximum atomic E-state index is 12.1. The van der Waals surface area contributed by atoms with E-state index in [2.05, 4.69) is 16.0 Å². The van der Waals surface area contributed by atoms with Gasteiger partial charge in [0.05, 0.1) is 23.1 Å². The Hall–Kier alpha value is -2.61. The van der Waals surface area contributed by atoms with Gasteiger partial charge in [0.1, 0.15) is 0 Å². The van der Waals surface area contributed by atoms with Gasteiger partial charge in [0.15, 0.2) is 0 Å². The molecule has 0 aliphatic heterocycles. The highest BCUT2D eigenvalue weighted by atomic mass is 35.5. The van der Waals surface area contributed by atoms with Crippen molar-refractivity contribution in [2.24, 2.45) is 0 Å². The number of hydrogen-bond donors (Lipinski definition) is 3. The molecular weight excluding hydrogens is 403 g/mol. The lowest BCUT2D eigenvalue weighted by atomic mass is 10.2. The fourth-order valence-corrected chi connectivity index (χ4v) is 2.66. The molecule has 0 unspecified atom stereocenters. The van der Waals surface area contributed by atoms with E-state index in [9.17, 15) is 14.4 Å². The van der Waals surface area contributed by atoms with Crippen molar-refractivity contribution in [1.82, 2.24) is 4.90 Å². The van der Waals surface area contributed by atoms with Gasteiger partial charge in [-0.05, 0) is 49.5 Å². The number of carbonyl (C=O) groups is 3. The molecule has 0 fully saturated rings.